The molecule has 0 unspecified atom stereocenters. The SMILES string of the molecule is Cc1sc2ncn(NC(=O)c3ccc(=O)n(-c4ccccc4)n3)c(=O)c2c1-c1ccccc1. The molecule has 3 heterocycles. The average Bonchev–Trinajstić information content (AvgIpc) is 3.19. The molecule has 0 radical (unpaired) electrons. The summed E-state index contributed by atoms with van der Waals surface area (Å²) in [5.41, 5.74) is 3.97. The number of carbonyl (C=O) groups is 1. The molecule has 0 bridgehead atoms. The van der Waals surface area contributed by atoms with Crippen molar-refractivity contribution in [2.75, 3.05) is 5.43 Å². The molecule has 0 spiro atoms. The Bertz CT molecular complexity index is 1600. The first kappa shape index (κ1) is 20.5. The second-order valence-corrected chi connectivity index (χ2v) is 8.45. The monoisotopic (exact) mass is 455 g/mol. The Morgan fingerprint density at radius 3 is 2.36 bits per heavy atom. The minimum Gasteiger partial charge on any atom is -0.267 e. The van der Waals surface area contributed by atoms with Crippen molar-refractivity contribution >= 4 is 27.5 Å². The van der Waals surface area contributed by atoms with Gasteiger partial charge >= 0.3 is 0 Å². The lowest BCUT2D eigenvalue weighted by atomic mass is 10.0. The predicted molar refractivity (Wildman–Crippen MR) is 128 cm³/mol. The van der Waals surface area contributed by atoms with Crippen LogP contribution >= 0.6 is 11.3 Å². The molecular weight excluding hydrogens is 438 g/mol. The average molecular weight is 455 g/mol. The maximum absolute atomic E-state index is 13.3. The lowest BCUT2D eigenvalue weighted by Gasteiger charge is -2.09. The summed E-state index contributed by atoms with van der Waals surface area (Å²) in [5.74, 6) is -0.642. The van der Waals surface area contributed by atoms with Crippen LogP contribution in [0.25, 0.3) is 27.0 Å². The third-order valence-corrected chi connectivity index (χ3v) is 6.12. The topological polar surface area (TPSA) is 98.9 Å². The molecule has 0 saturated carbocycles. The maximum Gasteiger partial charge on any atom is 0.290 e. The van der Waals surface area contributed by atoms with Crippen molar-refractivity contribution < 1.29 is 4.79 Å². The predicted octanol–water partition coefficient (Wildman–Crippen LogP) is 3.36. The van der Waals surface area contributed by atoms with Gasteiger partial charge in [-0.25, -0.2) is 9.66 Å². The van der Waals surface area contributed by atoms with Gasteiger partial charge in [0.25, 0.3) is 17.0 Å². The second-order valence-electron chi connectivity index (χ2n) is 7.24. The number of aryl methyl sites for hydroxylation is 1. The van der Waals surface area contributed by atoms with E-state index >= 15 is 0 Å². The first-order chi connectivity index (χ1) is 16.0. The summed E-state index contributed by atoms with van der Waals surface area (Å²) in [4.78, 5) is 44.3. The summed E-state index contributed by atoms with van der Waals surface area (Å²) < 4.78 is 2.18. The third kappa shape index (κ3) is 3.74. The van der Waals surface area contributed by atoms with Gasteiger partial charge in [0, 0.05) is 16.5 Å². The molecule has 5 rings (SSSR count). The zero-order chi connectivity index (χ0) is 22.9. The number of benzene rings is 2. The maximum atomic E-state index is 13.3. The molecule has 0 saturated heterocycles. The van der Waals surface area contributed by atoms with E-state index in [-0.39, 0.29) is 11.3 Å². The van der Waals surface area contributed by atoms with Gasteiger partial charge < -0.3 is 0 Å². The van der Waals surface area contributed by atoms with Crippen molar-refractivity contribution in [2.45, 2.75) is 6.92 Å². The minimum atomic E-state index is -0.642. The van der Waals surface area contributed by atoms with Crippen LogP contribution in [0, 0.1) is 6.92 Å². The van der Waals surface area contributed by atoms with E-state index < -0.39 is 11.5 Å². The van der Waals surface area contributed by atoms with Crippen molar-refractivity contribution in [3.05, 3.63) is 110 Å². The molecule has 162 valence electrons. The van der Waals surface area contributed by atoms with Crippen LogP contribution in [0.3, 0.4) is 0 Å². The van der Waals surface area contributed by atoms with Gasteiger partial charge in [0.05, 0.1) is 11.1 Å². The molecule has 1 N–H and O–H groups in total. The number of carbonyl (C=O) groups excluding carboxylic acids is 1. The van der Waals surface area contributed by atoms with Gasteiger partial charge in [0.2, 0.25) is 0 Å². The Kier molecular flexibility index (Phi) is 5.15. The Labute approximate surface area is 191 Å². The van der Waals surface area contributed by atoms with Crippen molar-refractivity contribution in [1.82, 2.24) is 19.4 Å². The standard InChI is InChI=1S/C24H17N5O3S/c1-15-20(16-8-4-2-5-9-16)21-23(33-15)25-14-28(24(21)32)27-22(31)18-12-13-19(30)29(26-18)17-10-6-3-7-11-17/h2-14H,1H3,(H,27,31). The fourth-order valence-electron chi connectivity index (χ4n) is 3.59. The van der Waals surface area contributed by atoms with Crippen LogP contribution < -0.4 is 16.5 Å². The molecule has 2 aromatic carbocycles. The fraction of sp³-hybridized carbons (Fsp3) is 0.0417. The van der Waals surface area contributed by atoms with Gasteiger partial charge in [-0.15, -0.1) is 11.3 Å². The van der Waals surface area contributed by atoms with E-state index in [2.05, 4.69) is 15.5 Å². The number of para-hydroxylation sites is 1. The lowest BCUT2D eigenvalue weighted by molar-refractivity contribution is 0.100. The number of nitrogens with zero attached hydrogens (tertiary/aromatic N) is 4. The summed E-state index contributed by atoms with van der Waals surface area (Å²) in [6.45, 7) is 1.94. The van der Waals surface area contributed by atoms with E-state index in [0.29, 0.717) is 15.9 Å². The Hall–Kier alpha value is -4.37. The van der Waals surface area contributed by atoms with Crippen molar-refractivity contribution in [1.29, 1.82) is 0 Å². The van der Waals surface area contributed by atoms with Crippen molar-refractivity contribution in [2.24, 2.45) is 0 Å². The normalized spacial score (nSPS) is 10.9. The van der Waals surface area contributed by atoms with Gasteiger partial charge in [-0.2, -0.15) is 9.78 Å². The van der Waals surface area contributed by atoms with E-state index in [9.17, 15) is 14.4 Å². The number of hydrogen-bond donors (Lipinski definition) is 1. The van der Waals surface area contributed by atoms with Crippen LogP contribution in [0.2, 0.25) is 0 Å². The fourth-order valence-corrected chi connectivity index (χ4v) is 4.59. The number of amides is 1. The first-order valence-corrected chi connectivity index (χ1v) is 10.9. The molecule has 0 aliphatic heterocycles. The zero-order valence-corrected chi connectivity index (χ0v) is 18.2. The summed E-state index contributed by atoms with van der Waals surface area (Å²) >= 11 is 1.43. The largest absolute Gasteiger partial charge is 0.290 e. The summed E-state index contributed by atoms with van der Waals surface area (Å²) in [6, 6.07) is 20.9. The number of aromatic nitrogens is 4. The number of fused-ring (bicyclic) bond motifs is 1. The molecule has 0 aliphatic carbocycles. The zero-order valence-electron chi connectivity index (χ0n) is 17.4. The molecule has 5 aromatic rings. The van der Waals surface area contributed by atoms with Gasteiger partial charge in [-0.3, -0.25) is 19.8 Å². The highest BCUT2D eigenvalue weighted by molar-refractivity contribution is 7.19. The number of hydrogen-bond acceptors (Lipinski definition) is 6. The number of thiophene rings is 1. The van der Waals surface area contributed by atoms with E-state index in [1.807, 2.05) is 43.3 Å². The molecule has 8 nitrogen and oxygen atoms in total. The highest BCUT2D eigenvalue weighted by Crippen LogP contribution is 2.35. The smallest absolute Gasteiger partial charge is 0.267 e. The lowest BCUT2D eigenvalue weighted by Crippen LogP contribution is -2.34. The Balaban J connectivity index is 1.54. The molecule has 3 aromatic heterocycles. The van der Waals surface area contributed by atoms with E-state index in [0.717, 1.165) is 25.4 Å². The van der Waals surface area contributed by atoms with Crippen LogP contribution in [0.1, 0.15) is 15.4 Å². The van der Waals surface area contributed by atoms with Gasteiger partial charge in [0.1, 0.15) is 11.2 Å². The van der Waals surface area contributed by atoms with Crippen LogP contribution in [-0.4, -0.2) is 25.3 Å². The van der Waals surface area contributed by atoms with Crippen molar-refractivity contribution in [3.63, 3.8) is 0 Å². The summed E-state index contributed by atoms with van der Waals surface area (Å²) in [7, 11) is 0. The molecule has 0 aliphatic rings. The van der Waals surface area contributed by atoms with E-state index in [1.54, 1.807) is 24.3 Å². The highest BCUT2D eigenvalue weighted by Gasteiger charge is 2.18. The van der Waals surface area contributed by atoms with Gasteiger partial charge in [0.15, 0.2) is 5.69 Å². The number of rotatable bonds is 4. The second kappa shape index (κ2) is 8.29. The van der Waals surface area contributed by atoms with Gasteiger partial charge in [-0.1, -0.05) is 48.5 Å². The third-order valence-electron chi connectivity index (χ3n) is 5.11. The molecule has 0 fully saturated rings. The van der Waals surface area contributed by atoms with E-state index in [4.69, 9.17) is 0 Å². The first-order valence-electron chi connectivity index (χ1n) is 10.1. The number of nitrogens with one attached hydrogen (secondary N) is 1. The van der Waals surface area contributed by atoms with Crippen LogP contribution in [0.5, 0.6) is 0 Å². The summed E-state index contributed by atoms with van der Waals surface area (Å²) in [6.07, 6.45) is 1.28. The Morgan fingerprint density at radius 1 is 0.939 bits per heavy atom. The van der Waals surface area contributed by atoms with Crippen LogP contribution in [0.4, 0.5) is 0 Å². The Morgan fingerprint density at radius 2 is 1.64 bits per heavy atom. The van der Waals surface area contributed by atoms with Crippen molar-refractivity contribution in [3.8, 4) is 16.8 Å². The molecule has 9 heteroatoms. The minimum absolute atomic E-state index is 0.0183. The molecule has 1 amide bonds. The van der Waals surface area contributed by atoms with E-state index in [1.165, 1.54) is 29.8 Å². The molecule has 33 heavy (non-hydrogen) atoms. The van der Waals surface area contributed by atoms with Gasteiger partial charge in [-0.05, 0) is 30.7 Å². The van der Waals surface area contributed by atoms with Crippen LogP contribution in [0.15, 0.2) is 88.7 Å². The highest BCUT2D eigenvalue weighted by atomic mass is 32.1. The van der Waals surface area contributed by atoms with Crippen LogP contribution in [-0.2, 0) is 0 Å². The summed E-state index contributed by atoms with van der Waals surface area (Å²) in [5, 5.41) is 4.60. The molecular formula is C24H17N5O3S. The molecule has 0 atom stereocenters. The quantitative estimate of drug-likeness (QED) is 0.448.